The van der Waals surface area contributed by atoms with Gasteiger partial charge in [0.2, 0.25) is 10.0 Å². The Bertz CT molecular complexity index is 935. The quantitative estimate of drug-likeness (QED) is 0.656. The highest BCUT2D eigenvalue weighted by Crippen LogP contribution is 2.14. The molecule has 0 aliphatic carbocycles. The summed E-state index contributed by atoms with van der Waals surface area (Å²) in [6.45, 7) is 3.47. The summed E-state index contributed by atoms with van der Waals surface area (Å²) in [6, 6.07) is 9.29. The van der Waals surface area contributed by atoms with E-state index in [0.29, 0.717) is 38.3 Å². The average molecular weight is 438 g/mol. The molecule has 10 heteroatoms. The second kappa shape index (κ2) is 9.49. The third-order valence-corrected chi connectivity index (χ3v) is 7.03. The molecule has 2 aromatic rings. The zero-order valence-corrected chi connectivity index (χ0v) is 17.7. The molecule has 1 aliphatic heterocycles. The number of hydrogen-bond donors (Lipinski definition) is 1. The van der Waals surface area contributed by atoms with Crippen molar-refractivity contribution in [2.75, 3.05) is 46.4 Å². The van der Waals surface area contributed by atoms with Gasteiger partial charge in [-0.25, -0.2) is 17.9 Å². The van der Waals surface area contributed by atoms with Crippen molar-refractivity contribution in [3.05, 3.63) is 52.2 Å². The average Bonchev–Trinajstić information content (AvgIpc) is 3.28. The number of thiophene rings is 1. The number of carbonyl (C=O) groups excluding carboxylic acids is 2. The predicted molar refractivity (Wildman–Crippen MR) is 110 cm³/mol. The van der Waals surface area contributed by atoms with Crippen molar-refractivity contribution in [1.82, 2.24) is 14.5 Å². The Morgan fingerprint density at radius 1 is 1.10 bits per heavy atom. The highest BCUT2D eigenvalue weighted by molar-refractivity contribution is 7.89. The number of nitrogens with one attached hydrogen (secondary N) is 1. The van der Waals surface area contributed by atoms with Crippen molar-refractivity contribution in [1.29, 1.82) is 0 Å². The first-order chi connectivity index (χ1) is 13.9. The number of benzene rings is 1. The number of hydrogen-bond acceptors (Lipinski definition) is 7. The molecule has 0 bridgehead atoms. The van der Waals surface area contributed by atoms with Crippen LogP contribution < -0.4 is 4.72 Å². The van der Waals surface area contributed by atoms with Gasteiger partial charge in [-0.3, -0.25) is 9.69 Å². The summed E-state index contributed by atoms with van der Waals surface area (Å²) < 4.78 is 32.0. The zero-order chi connectivity index (χ0) is 20.9. The van der Waals surface area contributed by atoms with E-state index in [2.05, 4.69) is 14.4 Å². The number of piperazine rings is 1. The lowest BCUT2D eigenvalue weighted by atomic mass is 10.2. The van der Waals surface area contributed by atoms with Crippen molar-refractivity contribution in [2.24, 2.45) is 0 Å². The second-order valence-electron chi connectivity index (χ2n) is 6.52. The maximum Gasteiger partial charge on any atom is 0.337 e. The lowest BCUT2D eigenvalue weighted by Crippen LogP contribution is -2.50. The number of nitrogens with zero attached hydrogens (tertiary/aromatic N) is 2. The summed E-state index contributed by atoms with van der Waals surface area (Å²) >= 11 is 1.44. The molecule has 29 heavy (non-hydrogen) atoms. The second-order valence-corrected chi connectivity index (χ2v) is 9.24. The Labute approximate surface area is 174 Å². The van der Waals surface area contributed by atoms with Crippen molar-refractivity contribution in [2.45, 2.75) is 4.90 Å². The van der Waals surface area contributed by atoms with Crippen LogP contribution in [0, 0.1) is 0 Å². The number of esters is 1. The summed E-state index contributed by atoms with van der Waals surface area (Å²) in [5.74, 6) is -0.464. The third-order valence-electron chi connectivity index (χ3n) is 4.70. The molecule has 0 radical (unpaired) electrons. The fourth-order valence-corrected chi connectivity index (χ4v) is 4.75. The van der Waals surface area contributed by atoms with Crippen LogP contribution in [0.2, 0.25) is 0 Å². The first kappa shape index (κ1) is 21.4. The van der Waals surface area contributed by atoms with Gasteiger partial charge in [0.15, 0.2) is 0 Å². The van der Waals surface area contributed by atoms with Gasteiger partial charge in [-0.15, -0.1) is 11.3 Å². The Hall–Kier alpha value is -2.27. The van der Waals surface area contributed by atoms with E-state index in [9.17, 15) is 18.0 Å². The van der Waals surface area contributed by atoms with E-state index in [-0.39, 0.29) is 17.3 Å². The van der Waals surface area contributed by atoms with Gasteiger partial charge >= 0.3 is 5.97 Å². The fourth-order valence-electron chi connectivity index (χ4n) is 3.04. The lowest BCUT2D eigenvalue weighted by molar-refractivity contribution is 0.0599. The highest BCUT2D eigenvalue weighted by atomic mass is 32.2. The van der Waals surface area contributed by atoms with Crippen molar-refractivity contribution in [3.8, 4) is 0 Å². The minimum Gasteiger partial charge on any atom is -0.465 e. The molecule has 1 aromatic carbocycles. The normalized spacial score (nSPS) is 15.3. The molecule has 0 spiro atoms. The van der Waals surface area contributed by atoms with E-state index >= 15 is 0 Å². The summed E-state index contributed by atoms with van der Waals surface area (Å²) in [4.78, 5) is 28.6. The molecule has 0 saturated carbocycles. The summed E-state index contributed by atoms with van der Waals surface area (Å²) in [7, 11) is -2.39. The van der Waals surface area contributed by atoms with Gasteiger partial charge in [0.1, 0.15) is 0 Å². The minimum atomic E-state index is -3.66. The SMILES string of the molecule is COC(=O)c1ccc(S(=O)(=O)NCCN2CCN(C(=O)c3cccs3)CC2)cc1. The van der Waals surface area contributed by atoms with E-state index in [0.717, 1.165) is 4.88 Å². The molecular formula is C19H23N3O5S2. The molecule has 8 nitrogen and oxygen atoms in total. The maximum absolute atomic E-state index is 12.4. The minimum absolute atomic E-state index is 0.0516. The van der Waals surface area contributed by atoms with Gasteiger partial charge in [-0.1, -0.05) is 6.07 Å². The van der Waals surface area contributed by atoms with Crippen LogP contribution in [0.15, 0.2) is 46.7 Å². The molecule has 1 saturated heterocycles. The third kappa shape index (κ3) is 5.41. The van der Waals surface area contributed by atoms with Crippen LogP contribution in [0.25, 0.3) is 0 Å². The Morgan fingerprint density at radius 2 is 1.79 bits per heavy atom. The van der Waals surface area contributed by atoms with Gasteiger partial charge in [0.05, 0.1) is 22.4 Å². The Morgan fingerprint density at radius 3 is 2.38 bits per heavy atom. The number of amides is 1. The van der Waals surface area contributed by atoms with Gasteiger partial charge in [0.25, 0.3) is 5.91 Å². The van der Waals surface area contributed by atoms with E-state index in [1.54, 1.807) is 0 Å². The topological polar surface area (TPSA) is 96.0 Å². The maximum atomic E-state index is 12.4. The molecule has 156 valence electrons. The molecule has 1 fully saturated rings. The van der Waals surface area contributed by atoms with Crippen LogP contribution in [0.5, 0.6) is 0 Å². The van der Waals surface area contributed by atoms with E-state index in [1.165, 1.54) is 42.7 Å². The first-order valence-corrected chi connectivity index (χ1v) is 11.5. The van der Waals surface area contributed by atoms with E-state index in [1.807, 2.05) is 22.4 Å². The number of ether oxygens (including phenoxy) is 1. The van der Waals surface area contributed by atoms with Crippen molar-refractivity contribution < 1.29 is 22.7 Å². The molecule has 1 N–H and O–H groups in total. The molecule has 1 aromatic heterocycles. The van der Waals surface area contributed by atoms with E-state index < -0.39 is 16.0 Å². The lowest BCUT2D eigenvalue weighted by Gasteiger charge is -2.34. The molecule has 1 aliphatic rings. The summed E-state index contributed by atoms with van der Waals surface area (Å²) in [5.41, 5.74) is 0.293. The number of rotatable bonds is 7. The van der Waals surface area contributed by atoms with Crippen LogP contribution in [-0.2, 0) is 14.8 Å². The molecule has 3 rings (SSSR count). The Kier molecular flexibility index (Phi) is 7.01. The molecule has 2 heterocycles. The predicted octanol–water partition coefficient (Wildman–Crippen LogP) is 1.27. The van der Waals surface area contributed by atoms with Crippen LogP contribution in [0.3, 0.4) is 0 Å². The fraction of sp³-hybridized carbons (Fsp3) is 0.368. The standard InChI is InChI=1S/C19H23N3O5S2/c1-27-19(24)15-4-6-16(7-5-15)29(25,26)20-8-9-21-10-12-22(13-11-21)18(23)17-3-2-14-28-17/h2-7,14,20H,8-13H2,1H3. The van der Waals surface area contributed by atoms with Gasteiger partial charge in [-0.05, 0) is 35.7 Å². The Balaban J connectivity index is 1.45. The van der Waals surface area contributed by atoms with Crippen LogP contribution in [0.1, 0.15) is 20.0 Å². The van der Waals surface area contributed by atoms with Gasteiger partial charge in [-0.2, -0.15) is 0 Å². The first-order valence-electron chi connectivity index (χ1n) is 9.14. The molecule has 0 atom stereocenters. The van der Waals surface area contributed by atoms with Gasteiger partial charge < -0.3 is 9.64 Å². The van der Waals surface area contributed by atoms with Crippen molar-refractivity contribution >= 4 is 33.2 Å². The van der Waals surface area contributed by atoms with Gasteiger partial charge in [0, 0.05) is 39.3 Å². The number of sulfonamides is 1. The highest BCUT2D eigenvalue weighted by Gasteiger charge is 2.23. The van der Waals surface area contributed by atoms with Crippen LogP contribution in [-0.4, -0.2) is 76.5 Å². The van der Waals surface area contributed by atoms with Crippen LogP contribution in [0.4, 0.5) is 0 Å². The number of methoxy groups -OCH3 is 1. The molecule has 0 unspecified atom stereocenters. The van der Waals surface area contributed by atoms with Crippen molar-refractivity contribution in [3.63, 3.8) is 0 Å². The molecule has 1 amide bonds. The molecular weight excluding hydrogens is 414 g/mol. The summed E-state index contributed by atoms with van der Waals surface area (Å²) in [6.07, 6.45) is 0. The smallest absolute Gasteiger partial charge is 0.337 e. The number of carbonyl (C=O) groups is 2. The van der Waals surface area contributed by atoms with Crippen LogP contribution >= 0.6 is 11.3 Å². The zero-order valence-electron chi connectivity index (χ0n) is 16.0. The largest absolute Gasteiger partial charge is 0.465 e. The monoisotopic (exact) mass is 437 g/mol. The summed E-state index contributed by atoms with van der Waals surface area (Å²) in [5, 5.41) is 1.89. The van der Waals surface area contributed by atoms with E-state index in [4.69, 9.17) is 0 Å².